The fourth-order valence-electron chi connectivity index (χ4n) is 1.52. The summed E-state index contributed by atoms with van der Waals surface area (Å²) in [5.41, 5.74) is 5.92. The van der Waals surface area contributed by atoms with Gasteiger partial charge in [-0.15, -0.1) is 0 Å². The highest BCUT2D eigenvalue weighted by molar-refractivity contribution is 7.84. The molecule has 1 aromatic rings. The molecule has 0 aliphatic carbocycles. The van der Waals surface area contributed by atoms with Crippen LogP contribution in [0.4, 0.5) is 15.8 Å². The highest BCUT2D eigenvalue weighted by Gasteiger charge is 2.09. The predicted octanol–water partition coefficient (Wildman–Crippen LogP) is 1.52. The van der Waals surface area contributed by atoms with E-state index in [0.717, 1.165) is 0 Å². The van der Waals surface area contributed by atoms with Crippen LogP contribution in [0.5, 0.6) is 0 Å². The smallest absolute Gasteiger partial charge is 0.225 e. The summed E-state index contributed by atoms with van der Waals surface area (Å²) < 4.78 is 29.8. The molecule has 0 saturated carbocycles. The van der Waals surface area contributed by atoms with Gasteiger partial charge in [0.2, 0.25) is 5.91 Å². The lowest BCUT2D eigenvalue weighted by molar-refractivity contribution is -0.115. The van der Waals surface area contributed by atoms with E-state index in [1.807, 2.05) is 0 Å². The highest BCUT2D eigenvalue weighted by Crippen LogP contribution is 2.17. The molecule has 0 heterocycles. The molecule has 0 saturated heterocycles. The third-order valence-corrected chi connectivity index (χ3v) is 3.95. The molecule has 3 N–H and O–H groups in total. The molecule has 0 fully saturated rings. The Bertz CT molecular complexity index is 483. The van der Waals surface area contributed by atoms with Crippen molar-refractivity contribution in [1.82, 2.24) is 0 Å². The zero-order chi connectivity index (χ0) is 15.0. The summed E-state index contributed by atoms with van der Waals surface area (Å²) in [6.07, 6.45) is 0.766. The van der Waals surface area contributed by atoms with Gasteiger partial charge in [-0.2, -0.15) is 0 Å². The van der Waals surface area contributed by atoms with Gasteiger partial charge in [-0.25, -0.2) is 4.39 Å². The van der Waals surface area contributed by atoms with E-state index in [4.69, 9.17) is 10.5 Å². The minimum Gasteiger partial charge on any atom is -0.399 e. The van der Waals surface area contributed by atoms with Gasteiger partial charge in [-0.3, -0.25) is 9.00 Å². The lowest BCUT2D eigenvalue weighted by Crippen LogP contribution is -2.17. The van der Waals surface area contributed by atoms with Crippen molar-refractivity contribution < 1.29 is 18.1 Å². The van der Waals surface area contributed by atoms with Crippen molar-refractivity contribution in [3.05, 3.63) is 24.0 Å². The molecule has 1 atom stereocenters. The summed E-state index contributed by atoms with van der Waals surface area (Å²) in [5, 5.41) is 2.42. The minimum absolute atomic E-state index is 0.0418. The molecule has 0 aliphatic rings. The van der Waals surface area contributed by atoms with Gasteiger partial charge < -0.3 is 15.8 Å². The normalized spacial score (nSPS) is 12.1. The number of nitrogens with two attached hydrogens (primary N) is 1. The fourth-order valence-corrected chi connectivity index (χ4v) is 2.58. The molecule has 20 heavy (non-hydrogen) atoms. The summed E-state index contributed by atoms with van der Waals surface area (Å²) in [5.74, 6) is -0.184. The zero-order valence-corrected chi connectivity index (χ0v) is 12.2. The van der Waals surface area contributed by atoms with Crippen LogP contribution in [0, 0.1) is 5.82 Å². The second-order valence-corrected chi connectivity index (χ2v) is 5.93. The van der Waals surface area contributed by atoms with Gasteiger partial charge in [0, 0.05) is 48.1 Å². The summed E-state index contributed by atoms with van der Waals surface area (Å²) in [7, 11) is 0.511. The number of nitrogen functional groups attached to an aromatic ring is 1. The average Bonchev–Trinajstić information content (AvgIpc) is 2.41. The number of nitrogens with one attached hydrogen (secondary N) is 1. The van der Waals surface area contributed by atoms with Crippen LogP contribution >= 0.6 is 0 Å². The number of carbonyl (C=O) groups is 1. The van der Waals surface area contributed by atoms with Gasteiger partial charge in [0.1, 0.15) is 5.82 Å². The van der Waals surface area contributed by atoms with Crippen LogP contribution in [0.1, 0.15) is 12.8 Å². The van der Waals surface area contributed by atoms with Gasteiger partial charge >= 0.3 is 0 Å². The Kier molecular flexibility index (Phi) is 7.17. The number of halogens is 1. The molecule has 0 aromatic heterocycles. The van der Waals surface area contributed by atoms with Crippen LogP contribution < -0.4 is 11.1 Å². The first kappa shape index (κ1) is 16.6. The van der Waals surface area contributed by atoms with Crippen molar-refractivity contribution in [2.75, 3.05) is 36.3 Å². The number of ether oxygens (including phenoxy) is 1. The monoisotopic (exact) mass is 302 g/mol. The second-order valence-electron chi connectivity index (χ2n) is 4.23. The molecular formula is C13H19FN2O3S. The van der Waals surface area contributed by atoms with Crippen molar-refractivity contribution >= 4 is 28.1 Å². The molecule has 0 bridgehead atoms. The molecule has 1 aromatic carbocycles. The maximum atomic E-state index is 13.4. The van der Waals surface area contributed by atoms with Gasteiger partial charge in [0.15, 0.2) is 0 Å². The average molecular weight is 302 g/mol. The number of amides is 1. The molecule has 1 amide bonds. The fraction of sp³-hybridized carbons (Fsp3) is 0.462. The van der Waals surface area contributed by atoms with Crippen molar-refractivity contribution in [2.45, 2.75) is 12.8 Å². The van der Waals surface area contributed by atoms with Crippen molar-refractivity contribution in [3.8, 4) is 0 Å². The first-order valence-electron chi connectivity index (χ1n) is 6.21. The number of methoxy groups -OCH3 is 1. The van der Waals surface area contributed by atoms with Gasteiger partial charge in [0.25, 0.3) is 0 Å². The lowest BCUT2D eigenvalue weighted by Gasteiger charge is -2.07. The molecule has 112 valence electrons. The first-order valence-corrected chi connectivity index (χ1v) is 7.70. The summed E-state index contributed by atoms with van der Waals surface area (Å²) in [6.45, 7) is 0.548. The van der Waals surface area contributed by atoms with Crippen LogP contribution in [0.2, 0.25) is 0 Å². The Hall–Kier alpha value is -1.47. The van der Waals surface area contributed by atoms with Crippen LogP contribution in [-0.4, -0.2) is 35.3 Å². The predicted molar refractivity (Wildman–Crippen MR) is 78.4 cm³/mol. The molecule has 0 aliphatic heterocycles. The number of hydrogen-bond donors (Lipinski definition) is 2. The van der Waals surface area contributed by atoms with E-state index in [0.29, 0.717) is 24.5 Å². The van der Waals surface area contributed by atoms with Gasteiger partial charge in [-0.05, 0) is 24.6 Å². The Morgan fingerprint density at radius 2 is 2.20 bits per heavy atom. The largest absolute Gasteiger partial charge is 0.399 e. The summed E-state index contributed by atoms with van der Waals surface area (Å²) >= 11 is 0. The van der Waals surface area contributed by atoms with Crippen LogP contribution in [0.25, 0.3) is 0 Å². The van der Waals surface area contributed by atoms with Crippen molar-refractivity contribution in [1.29, 1.82) is 0 Å². The van der Waals surface area contributed by atoms with Crippen LogP contribution in [-0.2, 0) is 20.3 Å². The maximum Gasteiger partial charge on any atom is 0.225 e. The SMILES string of the molecule is COCCCS(=O)CCC(=O)Nc1cc(N)ccc1F. The van der Waals surface area contributed by atoms with E-state index in [2.05, 4.69) is 5.32 Å². The summed E-state index contributed by atoms with van der Waals surface area (Å²) in [6, 6.07) is 3.95. The molecule has 0 spiro atoms. The topological polar surface area (TPSA) is 81.4 Å². The van der Waals surface area contributed by atoms with E-state index in [9.17, 15) is 13.4 Å². The Labute approximate surface area is 120 Å². The molecule has 7 heteroatoms. The van der Waals surface area contributed by atoms with Crippen molar-refractivity contribution in [3.63, 3.8) is 0 Å². The molecule has 0 radical (unpaired) electrons. The van der Waals surface area contributed by atoms with E-state index < -0.39 is 16.6 Å². The number of rotatable bonds is 8. The Morgan fingerprint density at radius 1 is 1.45 bits per heavy atom. The second kappa shape index (κ2) is 8.65. The van der Waals surface area contributed by atoms with E-state index in [1.54, 1.807) is 7.11 Å². The quantitative estimate of drug-likeness (QED) is 0.563. The van der Waals surface area contributed by atoms with E-state index in [-0.39, 0.29) is 23.8 Å². The molecule has 1 rings (SSSR count). The third-order valence-electron chi connectivity index (χ3n) is 2.54. The minimum atomic E-state index is -1.07. The standard InChI is InChI=1S/C13H19FN2O3S/c1-19-6-2-7-20(18)8-5-13(17)16-12-9-10(15)3-4-11(12)14/h3-4,9H,2,5-8,15H2,1H3,(H,16,17). The molecule has 5 nitrogen and oxygen atoms in total. The van der Waals surface area contributed by atoms with E-state index in [1.165, 1.54) is 18.2 Å². The number of benzene rings is 1. The van der Waals surface area contributed by atoms with Crippen LogP contribution in [0.15, 0.2) is 18.2 Å². The van der Waals surface area contributed by atoms with Gasteiger partial charge in [-0.1, -0.05) is 0 Å². The number of anilines is 2. The Morgan fingerprint density at radius 3 is 2.90 bits per heavy atom. The molecular weight excluding hydrogens is 283 g/mol. The number of hydrogen-bond acceptors (Lipinski definition) is 4. The van der Waals surface area contributed by atoms with Crippen LogP contribution in [0.3, 0.4) is 0 Å². The lowest BCUT2D eigenvalue weighted by atomic mass is 10.2. The number of carbonyl (C=O) groups excluding carboxylic acids is 1. The van der Waals surface area contributed by atoms with Gasteiger partial charge in [0.05, 0.1) is 5.69 Å². The summed E-state index contributed by atoms with van der Waals surface area (Å²) in [4.78, 5) is 11.6. The molecule has 1 unspecified atom stereocenters. The van der Waals surface area contributed by atoms with E-state index >= 15 is 0 Å². The third kappa shape index (κ3) is 6.12. The first-order chi connectivity index (χ1) is 9.52. The van der Waals surface area contributed by atoms with Crippen molar-refractivity contribution in [2.24, 2.45) is 0 Å². The highest BCUT2D eigenvalue weighted by atomic mass is 32.2. The maximum absolute atomic E-state index is 13.4. The zero-order valence-electron chi connectivity index (χ0n) is 11.4. The Balaban J connectivity index is 2.36.